The molecular weight excluding hydrogens is 295 g/mol. The number of halogens is 1. The van der Waals surface area contributed by atoms with Crippen LogP contribution in [-0.4, -0.2) is 15.5 Å². The number of benzene rings is 2. The Morgan fingerprint density at radius 2 is 2.00 bits per heavy atom. The maximum atomic E-state index is 13.2. The summed E-state index contributed by atoms with van der Waals surface area (Å²) in [5.41, 5.74) is 2.43. The van der Waals surface area contributed by atoms with Crippen LogP contribution in [0.25, 0.3) is 5.69 Å². The van der Waals surface area contributed by atoms with Gasteiger partial charge in [0.15, 0.2) is 0 Å². The van der Waals surface area contributed by atoms with Crippen LogP contribution in [0.5, 0.6) is 5.75 Å². The van der Waals surface area contributed by atoms with Gasteiger partial charge in [-0.15, -0.1) is 0 Å². The van der Waals surface area contributed by atoms with E-state index < -0.39 is 17.7 Å². The lowest BCUT2D eigenvalue weighted by Gasteiger charge is -2.22. The van der Waals surface area contributed by atoms with Crippen molar-refractivity contribution < 1.29 is 13.9 Å². The van der Waals surface area contributed by atoms with Gasteiger partial charge in [0.25, 0.3) is 0 Å². The first-order valence-electron chi connectivity index (χ1n) is 7.30. The van der Waals surface area contributed by atoms with Crippen LogP contribution < -0.4 is 4.74 Å². The molecule has 1 aliphatic rings. The largest absolute Gasteiger partial charge is 0.426 e. The number of carbonyl (C=O) groups is 1. The predicted molar refractivity (Wildman–Crippen MR) is 82.0 cm³/mol. The first kappa shape index (κ1) is 13.7. The Labute approximate surface area is 132 Å². The van der Waals surface area contributed by atoms with Gasteiger partial charge in [0, 0.05) is 18.0 Å². The highest BCUT2D eigenvalue weighted by Crippen LogP contribution is 2.33. The summed E-state index contributed by atoms with van der Waals surface area (Å²) in [5, 5.41) is 0. The summed E-state index contributed by atoms with van der Waals surface area (Å²) in [6.45, 7) is 0. The van der Waals surface area contributed by atoms with Gasteiger partial charge in [-0.25, -0.2) is 9.37 Å². The zero-order chi connectivity index (χ0) is 15.8. The van der Waals surface area contributed by atoms with E-state index in [2.05, 4.69) is 4.98 Å². The van der Waals surface area contributed by atoms with Crippen LogP contribution >= 0.6 is 0 Å². The number of carbonyl (C=O) groups excluding carboxylic acids is 1. The highest BCUT2D eigenvalue weighted by molar-refractivity contribution is 5.82. The van der Waals surface area contributed by atoms with Crippen molar-refractivity contribution in [1.82, 2.24) is 9.55 Å². The third kappa shape index (κ3) is 2.50. The molecule has 0 saturated carbocycles. The number of ether oxygens (including phenoxy) is 1. The first-order chi connectivity index (χ1) is 11.2. The Bertz CT molecular complexity index is 874. The molecule has 1 atom stereocenters. The number of aromatic nitrogens is 2. The maximum absolute atomic E-state index is 13.2. The minimum Gasteiger partial charge on any atom is -0.426 e. The molecule has 2 heterocycles. The average molecular weight is 308 g/mol. The minimum atomic E-state index is -0.474. The number of nitrogens with zero attached hydrogens (tertiary/aromatic N) is 2. The standard InChI is InChI=1S/C18H13FN2O2/c19-13-7-6-12-8-15(18(22)23-17(12)9-13)16-10-21(11-20-16)14-4-2-1-3-5-14/h1-7,9-11,15H,8H2. The SMILES string of the molecule is O=C1Oc2cc(F)ccc2CC1c1cn(-c2ccccc2)cn1. The van der Waals surface area contributed by atoms with Crippen LogP contribution in [0.15, 0.2) is 61.1 Å². The number of para-hydroxylation sites is 1. The molecule has 0 radical (unpaired) electrons. The van der Waals surface area contributed by atoms with E-state index in [4.69, 9.17) is 4.74 Å². The summed E-state index contributed by atoms with van der Waals surface area (Å²) < 4.78 is 20.4. The molecular formula is C18H13FN2O2. The van der Waals surface area contributed by atoms with Gasteiger partial charge in [-0.2, -0.15) is 0 Å². The van der Waals surface area contributed by atoms with E-state index in [1.54, 1.807) is 12.4 Å². The van der Waals surface area contributed by atoms with Crippen molar-refractivity contribution >= 4 is 5.97 Å². The van der Waals surface area contributed by atoms with Crippen molar-refractivity contribution in [3.05, 3.63) is 78.1 Å². The molecule has 0 amide bonds. The molecule has 23 heavy (non-hydrogen) atoms. The molecule has 1 aromatic heterocycles. The van der Waals surface area contributed by atoms with E-state index in [9.17, 15) is 9.18 Å². The fourth-order valence-electron chi connectivity index (χ4n) is 2.76. The highest BCUT2D eigenvalue weighted by atomic mass is 19.1. The molecule has 0 spiro atoms. The van der Waals surface area contributed by atoms with Crippen molar-refractivity contribution in [3.8, 4) is 11.4 Å². The summed E-state index contributed by atoms with van der Waals surface area (Å²) in [7, 11) is 0. The average Bonchev–Trinajstić information content (AvgIpc) is 3.05. The Kier molecular flexibility index (Phi) is 3.19. The minimum absolute atomic E-state index is 0.300. The van der Waals surface area contributed by atoms with Gasteiger partial charge < -0.3 is 9.30 Å². The fourth-order valence-corrected chi connectivity index (χ4v) is 2.76. The van der Waals surface area contributed by atoms with E-state index >= 15 is 0 Å². The number of esters is 1. The molecule has 0 saturated heterocycles. The topological polar surface area (TPSA) is 44.1 Å². The monoisotopic (exact) mass is 308 g/mol. The van der Waals surface area contributed by atoms with E-state index in [-0.39, 0.29) is 0 Å². The summed E-state index contributed by atoms with van der Waals surface area (Å²) >= 11 is 0. The normalized spacial score (nSPS) is 16.7. The summed E-state index contributed by atoms with van der Waals surface area (Å²) in [4.78, 5) is 16.6. The molecule has 5 heteroatoms. The van der Waals surface area contributed by atoms with Crippen molar-refractivity contribution in [2.24, 2.45) is 0 Å². The van der Waals surface area contributed by atoms with Gasteiger partial charge in [-0.1, -0.05) is 24.3 Å². The van der Waals surface area contributed by atoms with Crippen LogP contribution in [0.1, 0.15) is 17.2 Å². The second-order valence-corrected chi connectivity index (χ2v) is 5.47. The zero-order valence-electron chi connectivity index (χ0n) is 12.1. The maximum Gasteiger partial charge on any atom is 0.320 e. The molecule has 0 aliphatic carbocycles. The molecule has 114 valence electrons. The third-order valence-electron chi connectivity index (χ3n) is 3.96. The summed E-state index contributed by atoms with van der Waals surface area (Å²) in [6.07, 6.45) is 3.97. The van der Waals surface area contributed by atoms with Crippen LogP contribution in [-0.2, 0) is 11.2 Å². The summed E-state index contributed by atoms with van der Waals surface area (Å²) in [5.74, 6) is -0.989. The highest BCUT2D eigenvalue weighted by Gasteiger charge is 2.31. The van der Waals surface area contributed by atoms with Crippen molar-refractivity contribution in [3.63, 3.8) is 0 Å². The number of hydrogen-bond acceptors (Lipinski definition) is 3. The Morgan fingerprint density at radius 1 is 1.17 bits per heavy atom. The van der Waals surface area contributed by atoms with Crippen LogP contribution in [0, 0.1) is 5.82 Å². The van der Waals surface area contributed by atoms with Crippen molar-refractivity contribution in [2.45, 2.75) is 12.3 Å². The van der Waals surface area contributed by atoms with E-state index in [1.165, 1.54) is 12.1 Å². The lowest BCUT2D eigenvalue weighted by atomic mass is 9.94. The van der Waals surface area contributed by atoms with Gasteiger partial charge in [0.2, 0.25) is 0 Å². The fraction of sp³-hybridized carbons (Fsp3) is 0.111. The Morgan fingerprint density at radius 3 is 2.83 bits per heavy atom. The van der Waals surface area contributed by atoms with Crippen molar-refractivity contribution in [1.29, 1.82) is 0 Å². The van der Waals surface area contributed by atoms with Gasteiger partial charge in [0.05, 0.1) is 12.0 Å². The van der Waals surface area contributed by atoms with Crippen LogP contribution in [0.2, 0.25) is 0 Å². The van der Waals surface area contributed by atoms with E-state index in [1.807, 2.05) is 41.1 Å². The molecule has 0 fully saturated rings. The molecule has 2 aromatic carbocycles. The number of hydrogen-bond donors (Lipinski definition) is 0. The number of rotatable bonds is 2. The number of imidazole rings is 1. The second kappa shape index (κ2) is 5.35. The molecule has 1 unspecified atom stereocenters. The second-order valence-electron chi connectivity index (χ2n) is 5.47. The molecule has 1 aliphatic heterocycles. The summed E-state index contributed by atoms with van der Waals surface area (Å²) in [6, 6.07) is 14.0. The smallest absolute Gasteiger partial charge is 0.320 e. The molecule has 4 nitrogen and oxygen atoms in total. The van der Waals surface area contributed by atoms with Crippen LogP contribution in [0.3, 0.4) is 0 Å². The Hall–Kier alpha value is -2.95. The van der Waals surface area contributed by atoms with Gasteiger partial charge >= 0.3 is 5.97 Å². The number of fused-ring (bicyclic) bond motifs is 1. The van der Waals surface area contributed by atoms with E-state index in [0.717, 1.165) is 11.3 Å². The molecule has 3 aromatic rings. The van der Waals surface area contributed by atoms with Gasteiger partial charge in [-0.05, 0) is 30.2 Å². The Balaban J connectivity index is 1.65. The third-order valence-corrected chi connectivity index (χ3v) is 3.96. The zero-order valence-corrected chi connectivity index (χ0v) is 12.1. The quantitative estimate of drug-likeness (QED) is 0.539. The lowest BCUT2D eigenvalue weighted by Crippen LogP contribution is -2.26. The lowest BCUT2D eigenvalue weighted by molar-refractivity contribution is -0.137. The van der Waals surface area contributed by atoms with Crippen LogP contribution in [0.4, 0.5) is 4.39 Å². The van der Waals surface area contributed by atoms with Gasteiger partial charge in [0.1, 0.15) is 17.5 Å². The predicted octanol–water partition coefficient (Wildman–Crippen LogP) is 3.26. The van der Waals surface area contributed by atoms with E-state index in [0.29, 0.717) is 17.9 Å². The van der Waals surface area contributed by atoms with Gasteiger partial charge in [-0.3, -0.25) is 4.79 Å². The molecule has 0 bridgehead atoms. The first-order valence-corrected chi connectivity index (χ1v) is 7.30. The molecule has 4 rings (SSSR count). The molecule has 0 N–H and O–H groups in total. The van der Waals surface area contributed by atoms with Crippen molar-refractivity contribution in [2.75, 3.05) is 0 Å².